The van der Waals surface area contributed by atoms with Crippen LogP contribution in [0.2, 0.25) is 0 Å². The lowest BCUT2D eigenvalue weighted by Crippen LogP contribution is -2.15. The highest BCUT2D eigenvalue weighted by molar-refractivity contribution is 5.95. The van der Waals surface area contributed by atoms with E-state index in [0.717, 1.165) is 0 Å². The Morgan fingerprint density at radius 2 is 2.40 bits per heavy atom. The van der Waals surface area contributed by atoms with Crippen molar-refractivity contribution in [1.29, 1.82) is 0 Å². The number of rotatable bonds is 1. The van der Waals surface area contributed by atoms with E-state index in [0.29, 0.717) is 19.1 Å². The minimum atomic E-state index is -1.75. The zero-order valence-electron chi connectivity index (χ0n) is 5.34. The number of aldehydes is 1. The average molecular weight is 142 g/mol. The fraction of sp³-hybridized carbons (Fsp3) is 0.714. The number of fused-ring (bicyclic) bond motifs is 1. The number of carbonyl (C=O) groups is 2. The van der Waals surface area contributed by atoms with Gasteiger partial charge >= 0.3 is 0 Å². The summed E-state index contributed by atoms with van der Waals surface area (Å²) < 4.78 is 13.0. The molecule has 10 heavy (non-hydrogen) atoms. The van der Waals surface area contributed by atoms with E-state index in [1.54, 1.807) is 0 Å². The van der Waals surface area contributed by atoms with Gasteiger partial charge < -0.3 is 0 Å². The maximum Gasteiger partial charge on any atom is 0.179 e. The SMILES string of the molecule is O=C[C@@]1(F)C2CCC(=O)C21. The van der Waals surface area contributed by atoms with Gasteiger partial charge in [0, 0.05) is 12.3 Å². The molecule has 0 aromatic heterocycles. The van der Waals surface area contributed by atoms with Gasteiger partial charge in [-0.05, 0) is 6.42 Å². The van der Waals surface area contributed by atoms with Crippen molar-refractivity contribution >= 4 is 12.1 Å². The third-order valence-corrected chi connectivity index (χ3v) is 2.57. The van der Waals surface area contributed by atoms with Crippen molar-refractivity contribution in [3.8, 4) is 0 Å². The standard InChI is InChI=1S/C7H7FO2/c8-7(3-9)4-1-2-5(10)6(4)7/h3-4,6H,1-2H2/t4?,6?,7-/m1/s1. The molecule has 0 spiro atoms. The first-order chi connectivity index (χ1) is 4.70. The quantitative estimate of drug-likeness (QED) is 0.499. The van der Waals surface area contributed by atoms with Crippen molar-refractivity contribution in [3.63, 3.8) is 0 Å². The van der Waals surface area contributed by atoms with Crippen molar-refractivity contribution in [2.24, 2.45) is 11.8 Å². The van der Waals surface area contributed by atoms with E-state index in [1.807, 2.05) is 0 Å². The van der Waals surface area contributed by atoms with Crippen molar-refractivity contribution in [1.82, 2.24) is 0 Å². The van der Waals surface area contributed by atoms with E-state index >= 15 is 0 Å². The highest BCUT2D eigenvalue weighted by Gasteiger charge is 2.72. The summed E-state index contributed by atoms with van der Waals surface area (Å²) in [4.78, 5) is 20.9. The second-order valence-corrected chi connectivity index (χ2v) is 3.03. The Morgan fingerprint density at radius 3 is 2.70 bits per heavy atom. The molecule has 3 atom stereocenters. The molecule has 3 heteroatoms. The van der Waals surface area contributed by atoms with Gasteiger partial charge in [0.25, 0.3) is 0 Å². The summed E-state index contributed by atoms with van der Waals surface area (Å²) in [7, 11) is 0. The van der Waals surface area contributed by atoms with Crippen LogP contribution in [-0.2, 0) is 9.59 Å². The fourth-order valence-corrected chi connectivity index (χ4v) is 1.92. The normalized spacial score (nSPS) is 50.7. The van der Waals surface area contributed by atoms with Crippen LogP contribution in [0.4, 0.5) is 4.39 Å². The van der Waals surface area contributed by atoms with Crippen LogP contribution in [0.15, 0.2) is 0 Å². The van der Waals surface area contributed by atoms with E-state index in [9.17, 15) is 14.0 Å². The fourth-order valence-electron chi connectivity index (χ4n) is 1.92. The summed E-state index contributed by atoms with van der Waals surface area (Å²) in [6.45, 7) is 0. The number of Topliss-reactive ketones (excluding diaryl/α,β-unsaturated/α-hetero) is 1. The van der Waals surface area contributed by atoms with Crippen molar-refractivity contribution in [2.75, 3.05) is 0 Å². The first-order valence-electron chi connectivity index (χ1n) is 3.38. The van der Waals surface area contributed by atoms with Crippen LogP contribution in [0.1, 0.15) is 12.8 Å². The van der Waals surface area contributed by atoms with Crippen molar-refractivity contribution in [2.45, 2.75) is 18.5 Å². The van der Waals surface area contributed by atoms with Gasteiger partial charge in [-0.1, -0.05) is 0 Å². The van der Waals surface area contributed by atoms with E-state index in [2.05, 4.69) is 0 Å². The molecule has 2 aliphatic carbocycles. The summed E-state index contributed by atoms with van der Waals surface area (Å²) in [5, 5.41) is 0. The summed E-state index contributed by atoms with van der Waals surface area (Å²) in [6, 6.07) is 0. The lowest BCUT2D eigenvalue weighted by molar-refractivity contribution is -0.123. The van der Waals surface area contributed by atoms with Crippen molar-refractivity contribution in [3.05, 3.63) is 0 Å². The van der Waals surface area contributed by atoms with Crippen LogP contribution in [-0.4, -0.2) is 17.7 Å². The Morgan fingerprint density at radius 1 is 1.70 bits per heavy atom. The molecule has 2 rings (SSSR count). The molecule has 0 bridgehead atoms. The minimum Gasteiger partial charge on any atom is -0.300 e. The van der Waals surface area contributed by atoms with Gasteiger partial charge in [-0.2, -0.15) is 0 Å². The summed E-state index contributed by atoms with van der Waals surface area (Å²) in [5.74, 6) is -0.901. The molecule has 2 saturated carbocycles. The van der Waals surface area contributed by atoms with E-state index < -0.39 is 11.6 Å². The molecule has 0 saturated heterocycles. The summed E-state index contributed by atoms with van der Waals surface area (Å²) in [6.07, 6.45) is 1.33. The Hall–Kier alpha value is -0.730. The molecule has 2 fully saturated rings. The zero-order chi connectivity index (χ0) is 7.35. The van der Waals surface area contributed by atoms with Crippen LogP contribution in [0.5, 0.6) is 0 Å². The van der Waals surface area contributed by atoms with Gasteiger partial charge in [-0.25, -0.2) is 4.39 Å². The smallest absolute Gasteiger partial charge is 0.179 e. The Labute approximate surface area is 57.4 Å². The number of hydrogen-bond acceptors (Lipinski definition) is 2. The Kier molecular flexibility index (Phi) is 0.881. The predicted octanol–water partition coefficient (Wildman–Crippen LogP) is 0.502. The first-order valence-corrected chi connectivity index (χ1v) is 3.38. The maximum absolute atomic E-state index is 13.0. The molecule has 2 aliphatic rings. The summed E-state index contributed by atoms with van der Waals surface area (Å²) >= 11 is 0. The predicted molar refractivity (Wildman–Crippen MR) is 31.1 cm³/mol. The first kappa shape index (κ1) is 6.01. The van der Waals surface area contributed by atoms with Crippen LogP contribution >= 0.6 is 0 Å². The molecule has 0 radical (unpaired) electrons. The molecule has 0 aliphatic heterocycles. The van der Waals surface area contributed by atoms with Gasteiger partial charge in [-0.3, -0.25) is 9.59 Å². The highest BCUT2D eigenvalue weighted by atomic mass is 19.1. The molecule has 0 N–H and O–H groups in total. The largest absolute Gasteiger partial charge is 0.300 e. The third-order valence-electron chi connectivity index (χ3n) is 2.57. The third kappa shape index (κ3) is 0.448. The number of ketones is 1. The molecule has 2 unspecified atom stereocenters. The van der Waals surface area contributed by atoms with Crippen LogP contribution in [0, 0.1) is 11.8 Å². The molecule has 0 aromatic carbocycles. The second-order valence-electron chi connectivity index (χ2n) is 3.03. The zero-order valence-corrected chi connectivity index (χ0v) is 5.34. The topological polar surface area (TPSA) is 34.1 Å². The van der Waals surface area contributed by atoms with Crippen LogP contribution in [0.25, 0.3) is 0 Å². The van der Waals surface area contributed by atoms with Crippen molar-refractivity contribution < 1.29 is 14.0 Å². The van der Waals surface area contributed by atoms with Gasteiger partial charge in [-0.15, -0.1) is 0 Å². The molecule has 54 valence electrons. The lowest BCUT2D eigenvalue weighted by atomic mass is 10.1. The lowest BCUT2D eigenvalue weighted by Gasteiger charge is -1.99. The molecule has 0 aromatic rings. The van der Waals surface area contributed by atoms with E-state index in [4.69, 9.17) is 0 Å². The molecule has 2 nitrogen and oxygen atoms in total. The van der Waals surface area contributed by atoms with Crippen LogP contribution in [0.3, 0.4) is 0 Å². The van der Waals surface area contributed by atoms with E-state index in [1.165, 1.54) is 0 Å². The monoisotopic (exact) mass is 142 g/mol. The number of halogens is 1. The van der Waals surface area contributed by atoms with Crippen LogP contribution < -0.4 is 0 Å². The average Bonchev–Trinajstić information content (AvgIpc) is 2.28. The molecule has 0 heterocycles. The second kappa shape index (κ2) is 1.47. The molecular weight excluding hydrogens is 135 g/mol. The number of hydrogen-bond donors (Lipinski definition) is 0. The summed E-state index contributed by atoms with van der Waals surface area (Å²) in [5.41, 5.74) is -1.75. The van der Waals surface area contributed by atoms with Gasteiger partial charge in [0.15, 0.2) is 12.0 Å². The molecular formula is C7H7FO2. The maximum atomic E-state index is 13.0. The minimum absolute atomic E-state index is 0.0698. The van der Waals surface area contributed by atoms with E-state index in [-0.39, 0.29) is 11.7 Å². The number of carbonyl (C=O) groups excluding carboxylic acids is 2. The Balaban J connectivity index is 2.25. The molecule has 0 amide bonds. The van der Waals surface area contributed by atoms with Gasteiger partial charge in [0.1, 0.15) is 5.78 Å². The number of alkyl halides is 1. The Bertz CT molecular complexity index is 214. The van der Waals surface area contributed by atoms with Gasteiger partial charge in [0.05, 0.1) is 5.92 Å². The van der Waals surface area contributed by atoms with Gasteiger partial charge in [0.2, 0.25) is 0 Å². The highest BCUT2D eigenvalue weighted by Crippen LogP contribution is 2.60.